The lowest BCUT2D eigenvalue weighted by molar-refractivity contribution is 0.280. The van der Waals surface area contributed by atoms with E-state index in [-0.39, 0.29) is 6.61 Å². The number of aliphatic hydroxyl groups is 1. The van der Waals surface area contributed by atoms with Crippen LogP contribution in [0, 0.1) is 0 Å². The van der Waals surface area contributed by atoms with Gasteiger partial charge in [-0.3, -0.25) is 0 Å². The molecule has 3 radical (unpaired) electrons. The molecule has 0 aliphatic rings. The van der Waals surface area contributed by atoms with Gasteiger partial charge in [-0.1, -0.05) is 109 Å². The molecule has 3 aromatic carbocycles. The summed E-state index contributed by atoms with van der Waals surface area (Å²) in [5, 5.41) is 10.0. The smallest absolute Gasteiger partial charge is 0.0684 e. The summed E-state index contributed by atoms with van der Waals surface area (Å²) >= 11 is 0. The van der Waals surface area contributed by atoms with Crippen molar-refractivity contribution >= 4 is 10.2 Å². The minimum Gasteiger partial charge on any atom is -0.392 e. The average molecular weight is 458 g/mol. The van der Waals surface area contributed by atoms with Crippen LogP contribution in [0.1, 0.15) is 104 Å². The maximum Gasteiger partial charge on any atom is 0.0684 e. The van der Waals surface area contributed by atoms with Gasteiger partial charge in [-0.25, -0.2) is 0 Å². The first-order valence-electron chi connectivity index (χ1n) is 12.2. The lowest BCUT2D eigenvalue weighted by Crippen LogP contribution is -2.08. The van der Waals surface area contributed by atoms with Crippen molar-refractivity contribution in [3.05, 3.63) is 105 Å². The van der Waals surface area contributed by atoms with Gasteiger partial charge in [-0.15, -0.1) is 0 Å². The molecule has 33 heavy (non-hydrogen) atoms. The van der Waals surface area contributed by atoms with Crippen molar-refractivity contribution in [2.45, 2.75) is 85.3 Å². The molecule has 1 nitrogen and oxygen atoms in total. The molecule has 1 N–H and O–H groups in total. The third-order valence-electron chi connectivity index (χ3n) is 6.40. The molecule has 0 aliphatic heterocycles. The summed E-state index contributed by atoms with van der Waals surface area (Å²) in [5.41, 5.74) is 10.7. The van der Waals surface area contributed by atoms with E-state index in [1.54, 1.807) is 6.55 Å². The fraction of sp³-hybridized carbons (Fsp3) is 0.419. The van der Waals surface area contributed by atoms with E-state index < -0.39 is 0 Å². The van der Waals surface area contributed by atoms with Gasteiger partial charge in [-0.05, 0) is 75.1 Å². The van der Waals surface area contributed by atoms with E-state index in [1.165, 1.54) is 38.9 Å². The molecular weight excluding hydrogens is 416 g/mol. The highest BCUT2D eigenvalue weighted by Gasteiger charge is 2.17. The Kier molecular flexibility index (Phi) is 10.6. The molecule has 0 aromatic heterocycles. The van der Waals surface area contributed by atoms with Crippen molar-refractivity contribution in [2.75, 3.05) is 0 Å². The van der Waals surface area contributed by atoms with Gasteiger partial charge in [0.15, 0.2) is 0 Å². The van der Waals surface area contributed by atoms with E-state index in [1.807, 2.05) is 0 Å². The molecule has 3 aromatic rings. The van der Waals surface area contributed by atoms with Crippen molar-refractivity contribution in [3.8, 4) is 0 Å². The summed E-state index contributed by atoms with van der Waals surface area (Å²) in [5.74, 6) is 1.44. The van der Waals surface area contributed by atoms with Crippen LogP contribution in [0.5, 0.6) is 0 Å². The number of hydrogen-bond acceptors (Lipinski definition) is 1. The fourth-order valence-corrected chi connectivity index (χ4v) is 4.59. The molecule has 0 saturated carbocycles. The van der Waals surface area contributed by atoms with Crippen LogP contribution >= 0.6 is 0 Å². The molecule has 0 bridgehead atoms. The molecule has 0 amide bonds. The Balaban J connectivity index is 0.00000187. The van der Waals surface area contributed by atoms with Gasteiger partial charge in [0.2, 0.25) is 0 Å². The zero-order valence-electron chi connectivity index (χ0n) is 21.6. The third-order valence-corrected chi connectivity index (χ3v) is 6.40. The summed E-state index contributed by atoms with van der Waals surface area (Å²) in [6.45, 7) is 15.5. The van der Waals surface area contributed by atoms with Crippen molar-refractivity contribution in [3.63, 3.8) is 0 Å². The maximum absolute atomic E-state index is 10.0. The van der Waals surface area contributed by atoms with Gasteiger partial charge in [0, 0.05) is 10.2 Å². The second kappa shape index (κ2) is 12.9. The van der Waals surface area contributed by atoms with Gasteiger partial charge in [0.05, 0.1) is 6.61 Å². The van der Waals surface area contributed by atoms with Crippen LogP contribution < -0.4 is 0 Å². The van der Waals surface area contributed by atoms with E-state index >= 15 is 0 Å². The minimum absolute atomic E-state index is 0.0888. The summed E-state index contributed by atoms with van der Waals surface area (Å²) in [6.07, 6.45) is 1.81. The van der Waals surface area contributed by atoms with Crippen LogP contribution in [-0.4, -0.2) is 15.3 Å². The summed E-state index contributed by atoms with van der Waals surface area (Å²) < 4.78 is 0. The molecule has 0 saturated heterocycles. The van der Waals surface area contributed by atoms with Gasteiger partial charge < -0.3 is 5.11 Å². The Labute approximate surface area is 205 Å². The highest BCUT2D eigenvalue weighted by molar-refractivity contribution is 6.05. The maximum atomic E-state index is 10.0. The molecule has 2 heteroatoms. The van der Waals surface area contributed by atoms with E-state index in [0.717, 1.165) is 18.4 Å². The average Bonchev–Trinajstić information content (AvgIpc) is 2.81. The molecule has 0 aliphatic carbocycles. The lowest BCUT2D eigenvalue weighted by Gasteiger charge is -2.21. The Morgan fingerprint density at radius 2 is 1.15 bits per heavy atom. The Morgan fingerprint density at radius 3 is 1.67 bits per heavy atom. The van der Waals surface area contributed by atoms with Crippen LogP contribution in [0.4, 0.5) is 0 Å². The molecule has 0 atom stereocenters. The van der Waals surface area contributed by atoms with E-state index in [0.29, 0.717) is 17.8 Å². The largest absolute Gasteiger partial charge is 0.392 e. The van der Waals surface area contributed by atoms with Crippen molar-refractivity contribution < 1.29 is 5.11 Å². The van der Waals surface area contributed by atoms with Gasteiger partial charge in [0.1, 0.15) is 0 Å². The number of aliphatic hydroxyl groups excluding tert-OH is 1. The van der Waals surface area contributed by atoms with Crippen molar-refractivity contribution in [1.82, 2.24) is 0 Å². The van der Waals surface area contributed by atoms with Crippen LogP contribution in [0.25, 0.3) is 0 Å². The standard InChI is InChI=1S/C30H38O.CH3Si/c1-20(2)24-11-7-10-23(16-24)17-29-25(12-8-14-27(29)21(3)4)18-30-26(19-31)13-9-15-28(30)22(5)6;1-2/h7-16,20-22,31H,17-19H2,1-6H3;1H3. The van der Waals surface area contributed by atoms with E-state index in [9.17, 15) is 5.11 Å². The van der Waals surface area contributed by atoms with Crippen molar-refractivity contribution in [2.24, 2.45) is 0 Å². The summed E-state index contributed by atoms with van der Waals surface area (Å²) in [7, 11) is 2.97. The second-order valence-electron chi connectivity index (χ2n) is 9.69. The van der Waals surface area contributed by atoms with Crippen LogP contribution in [-0.2, 0) is 19.4 Å². The first-order chi connectivity index (χ1) is 15.8. The Hall–Kier alpha value is -2.16. The summed E-state index contributed by atoms with van der Waals surface area (Å²) in [6, 6.07) is 22.2. The van der Waals surface area contributed by atoms with Crippen LogP contribution in [0.2, 0.25) is 6.55 Å². The van der Waals surface area contributed by atoms with Crippen LogP contribution in [0.3, 0.4) is 0 Å². The number of rotatable bonds is 8. The van der Waals surface area contributed by atoms with Crippen molar-refractivity contribution in [1.29, 1.82) is 0 Å². The van der Waals surface area contributed by atoms with Gasteiger partial charge in [-0.2, -0.15) is 0 Å². The topological polar surface area (TPSA) is 20.2 Å². The summed E-state index contributed by atoms with van der Waals surface area (Å²) in [4.78, 5) is 0. The quantitative estimate of drug-likeness (QED) is 0.340. The minimum atomic E-state index is 0.0888. The molecule has 175 valence electrons. The predicted octanol–water partition coefficient (Wildman–Crippen LogP) is 7.93. The monoisotopic (exact) mass is 457 g/mol. The van der Waals surface area contributed by atoms with Gasteiger partial charge >= 0.3 is 0 Å². The van der Waals surface area contributed by atoms with E-state index in [4.69, 9.17) is 0 Å². The number of benzene rings is 3. The third kappa shape index (κ3) is 6.91. The first kappa shape index (κ1) is 27.1. The van der Waals surface area contributed by atoms with E-state index in [2.05, 4.69) is 112 Å². The zero-order chi connectivity index (χ0) is 24.5. The molecule has 0 fully saturated rings. The lowest BCUT2D eigenvalue weighted by atomic mass is 9.84. The molecule has 3 rings (SSSR count). The highest BCUT2D eigenvalue weighted by Crippen LogP contribution is 2.31. The fourth-order valence-electron chi connectivity index (χ4n) is 4.59. The van der Waals surface area contributed by atoms with Gasteiger partial charge in [0.25, 0.3) is 0 Å². The normalized spacial score (nSPS) is 11.2. The highest BCUT2D eigenvalue weighted by atomic mass is 28.1. The Morgan fingerprint density at radius 1 is 0.636 bits per heavy atom. The molecular formula is C31H41OSi. The molecule has 0 unspecified atom stereocenters. The second-order valence-corrected chi connectivity index (χ2v) is 9.69. The predicted molar refractivity (Wildman–Crippen MR) is 145 cm³/mol. The molecule has 0 spiro atoms. The number of hydrogen-bond donors (Lipinski definition) is 1. The zero-order valence-corrected chi connectivity index (χ0v) is 22.6. The first-order valence-corrected chi connectivity index (χ1v) is 13.2. The SMILES string of the molecule is CC(C)c1cccc(Cc2c(Cc3c(CO)cccc3C(C)C)cccc2C(C)C)c1.C[Si]. The Bertz CT molecular complexity index is 1020. The van der Waals surface area contributed by atoms with Crippen LogP contribution in [0.15, 0.2) is 60.7 Å². The molecule has 0 heterocycles.